The first kappa shape index (κ1) is 21.9. The van der Waals surface area contributed by atoms with E-state index >= 15 is 0 Å². The summed E-state index contributed by atoms with van der Waals surface area (Å²) in [5, 5.41) is 10.2. The average molecular weight is 417 g/mol. The van der Waals surface area contributed by atoms with Gasteiger partial charge in [-0.3, -0.25) is 14.4 Å². The third-order valence-electron chi connectivity index (χ3n) is 5.45. The van der Waals surface area contributed by atoms with E-state index in [0.717, 1.165) is 12.8 Å². The summed E-state index contributed by atoms with van der Waals surface area (Å²) in [6.07, 6.45) is 8.11. The Labute approximate surface area is 174 Å². The van der Waals surface area contributed by atoms with Crippen LogP contribution in [-0.2, 0) is 17.9 Å². The van der Waals surface area contributed by atoms with Crippen LogP contribution < -0.4 is 10.9 Å². The molecule has 0 radical (unpaired) electrons. The second kappa shape index (κ2) is 10.3. The minimum Gasteiger partial charge on any atom is -0.326 e. The van der Waals surface area contributed by atoms with E-state index in [1.54, 1.807) is 12.3 Å². The monoisotopic (exact) mass is 417 g/mol. The number of nitrogens with zero attached hydrogens (tertiary/aromatic N) is 4. The fourth-order valence-corrected chi connectivity index (χ4v) is 3.76. The first-order chi connectivity index (χ1) is 14.4. The number of rotatable bonds is 9. The summed E-state index contributed by atoms with van der Waals surface area (Å²) >= 11 is 0. The summed E-state index contributed by atoms with van der Waals surface area (Å²) < 4.78 is 16.9. The molecule has 162 valence electrons. The van der Waals surface area contributed by atoms with Crippen LogP contribution in [0.5, 0.6) is 0 Å². The van der Waals surface area contributed by atoms with Crippen LogP contribution >= 0.6 is 0 Å². The van der Waals surface area contributed by atoms with E-state index in [9.17, 15) is 18.8 Å². The number of ketones is 1. The van der Waals surface area contributed by atoms with Gasteiger partial charge in [-0.25, -0.2) is 9.07 Å². The number of carbonyl (C=O) groups is 2. The maximum atomic E-state index is 14.2. The first-order valence-electron chi connectivity index (χ1n) is 10.5. The average Bonchev–Trinajstić information content (AvgIpc) is 3.17. The molecule has 8 nitrogen and oxygen atoms in total. The van der Waals surface area contributed by atoms with Crippen molar-refractivity contribution in [2.75, 3.05) is 5.32 Å². The Hall–Kier alpha value is -2.84. The predicted molar refractivity (Wildman–Crippen MR) is 110 cm³/mol. The quantitative estimate of drug-likeness (QED) is 0.633. The molecule has 2 aromatic rings. The Balaban J connectivity index is 1.47. The van der Waals surface area contributed by atoms with Crippen LogP contribution in [0.1, 0.15) is 62.4 Å². The molecule has 1 aliphatic carbocycles. The molecule has 1 fully saturated rings. The molecule has 0 spiro atoms. The molecule has 1 saturated carbocycles. The summed E-state index contributed by atoms with van der Waals surface area (Å²) in [4.78, 5) is 35.7. The summed E-state index contributed by atoms with van der Waals surface area (Å²) in [5.41, 5.74) is 0.366. The van der Waals surface area contributed by atoms with Gasteiger partial charge in [0.1, 0.15) is 11.9 Å². The Bertz CT molecular complexity index is 933. The van der Waals surface area contributed by atoms with Crippen molar-refractivity contribution in [3.63, 3.8) is 0 Å². The molecule has 0 saturated heterocycles. The fourth-order valence-electron chi connectivity index (χ4n) is 3.76. The molecule has 2 heterocycles. The van der Waals surface area contributed by atoms with Gasteiger partial charge in [-0.15, -0.1) is 5.10 Å². The SMILES string of the molecule is CC(=O)c1cn(CC(F)CCn2ccc(NC(=O)CC3CCCCC3)cc2=O)nn1. The van der Waals surface area contributed by atoms with Crippen LogP contribution in [0.4, 0.5) is 10.1 Å². The highest BCUT2D eigenvalue weighted by Crippen LogP contribution is 2.26. The molecule has 1 aliphatic rings. The van der Waals surface area contributed by atoms with Gasteiger partial charge >= 0.3 is 0 Å². The van der Waals surface area contributed by atoms with E-state index in [2.05, 4.69) is 15.6 Å². The molecular formula is C21H28FN5O3. The van der Waals surface area contributed by atoms with E-state index in [1.165, 1.54) is 47.7 Å². The maximum Gasteiger partial charge on any atom is 0.252 e. The second-order valence-electron chi connectivity index (χ2n) is 7.97. The van der Waals surface area contributed by atoms with Gasteiger partial charge in [0.05, 0.1) is 12.7 Å². The van der Waals surface area contributed by atoms with Gasteiger partial charge in [-0.05, 0) is 31.2 Å². The van der Waals surface area contributed by atoms with Crippen LogP contribution in [0, 0.1) is 5.92 Å². The number of anilines is 1. The molecule has 1 amide bonds. The van der Waals surface area contributed by atoms with Crippen molar-refractivity contribution in [2.45, 2.75) is 71.1 Å². The largest absolute Gasteiger partial charge is 0.326 e. The Morgan fingerprint density at radius 1 is 1.30 bits per heavy atom. The predicted octanol–water partition coefficient (Wildman–Crippen LogP) is 2.98. The molecule has 0 aliphatic heterocycles. The highest BCUT2D eigenvalue weighted by Gasteiger charge is 2.17. The van der Waals surface area contributed by atoms with Crippen molar-refractivity contribution in [1.29, 1.82) is 0 Å². The second-order valence-corrected chi connectivity index (χ2v) is 7.97. The molecular weight excluding hydrogens is 389 g/mol. The number of Topliss-reactive ketones (excluding diaryl/α,β-unsaturated/α-hetero) is 1. The number of pyridine rings is 1. The molecule has 2 aromatic heterocycles. The van der Waals surface area contributed by atoms with Crippen LogP contribution in [0.15, 0.2) is 29.3 Å². The maximum absolute atomic E-state index is 14.2. The normalized spacial score (nSPS) is 15.7. The number of hydrogen-bond donors (Lipinski definition) is 1. The van der Waals surface area contributed by atoms with Crippen LogP contribution in [0.3, 0.4) is 0 Å². The van der Waals surface area contributed by atoms with Crippen molar-refractivity contribution < 1.29 is 14.0 Å². The molecule has 1 unspecified atom stereocenters. The number of aryl methyl sites for hydroxylation is 1. The number of aromatic nitrogens is 4. The number of nitrogens with one attached hydrogen (secondary N) is 1. The van der Waals surface area contributed by atoms with Crippen molar-refractivity contribution in [3.05, 3.63) is 40.6 Å². The zero-order valence-corrected chi connectivity index (χ0v) is 17.2. The Morgan fingerprint density at radius 2 is 2.07 bits per heavy atom. The van der Waals surface area contributed by atoms with Crippen molar-refractivity contribution in [1.82, 2.24) is 19.6 Å². The highest BCUT2D eigenvalue weighted by atomic mass is 19.1. The zero-order valence-electron chi connectivity index (χ0n) is 17.2. The van der Waals surface area contributed by atoms with E-state index in [-0.39, 0.29) is 42.5 Å². The molecule has 3 rings (SSSR count). The van der Waals surface area contributed by atoms with E-state index in [1.807, 2.05) is 0 Å². The number of hydrogen-bond acceptors (Lipinski definition) is 5. The first-order valence-corrected chi connectivity index (χ1v) is 10.5. The molecule has 1 N–H and O–H groups in total. The lowest BCUT2D eigenvalue weighted by Gasteiger charge is -2.20. The van der Waals surface area contributed by atoms with Gasteiger partial charge in [0.15, 0.2) is 5.78 Å². The van der Waals surface area contributed by atoms with Crippen molar-refractivity contribution >= 4 is 17.4 Å². The fraction of sp³-hybridized carbons (Fsp3) is 0.571. The smallest absolute Gasteiger partial charge is 0.252 e. The van der Waals surface area contributed by atoms with Gasteiger partial charge in [-0.2, -0.15) is 0 Å². The molecule has 0 aromatic carbocycles. The summed E-state index contributed by atoms with van der Waals surface area (Å²) in [5.74, 6) is 0.131. The lowest BCUT2D eigenvalue weighted by Crippen LogP contribution is -2.24. The standard InChI is InChI=1S/C21H28FN5O3/c1-15(28)19-14-27(25-24-19)13-17(22)7-9-26-10-8-18(12-21(26)30)23-20(29)11-16-5-3-2-4-6-16/h8,10,12,14,16-17H,2-7,9,11,13H2,1H3,(H,23,29). The number of amides is 1. The molecule has 0 bridgehead atoms. The van der Waals surface area contributed by atoms with Crippen LogP contribution in [-0.4, -0.2) is 37.4 Å². The number of alkyl halides is 1. The molecule has 1 atom stereocenters. The Morgan fingerprint density at radius 3 is 2.73 bits per heavy atom. The lowest BCUT2D eigenvalue weighted by atomic mass is 9.87. The minimum absolute atomic E-state index is 0.0374. The van der Waals surface area contributed by atoms with Gasteiger partial charge in [-0.1, -0.05) is 24.5 Å². The lowest BCUT2D eigenvalue weighted by molar-refractivity contribution is -0.117. The van der Waals surface area contributed by atoms with Crippen molar-refractivity contribution in [3.8, 4) is 0 Å². The topological polar surface area (TPSA) is 98.9 Å². The molecule has 9 heteroatoms. The summed E-state index contributed by atoms with van der Waals surface area (Å²) in [6.45, 7) is 1.53. The highest BCUT2D eigenvalue weighted by molar-refractivity contribution is 5.91. The molecule has 30 heavy (non-hydrogen) atoms. The zero-order chi connectivity index (χ0) is 21.5. The van der Waals surface area contributed by atoms with Crippen LogP contribution in [0.2, 0.25) is 0 Å². The minimum atomic E-state index is -1.24. The van der Waals surface area contributed by atoms with E-state index in [0.29, 0.717) is 18.0 Å². The Kier molecular flexibility index (Phi) is 7.48. The number of halogens is 1. The van der Waals surface area contributed by atoms with E-state index < -0.39 is 6.17 Å². The van der Waals surface area contributed by atoms with Gasteiger partial charge in [0, 0.05) is 37.8 Å². The van der Waals surface area contributed by atoms with E-state index in [4.69, 9.17) is 0 Å². The van der Waals surface area contributed by atoms with Crippen LogP contribution in [0.25, 0.3) is 0 Å². The number of carbonyl (C=O) groups excluding carboxylic acids is 2. The summed E-state index contributed by atoms with van der Waals surface area (Å²) in [6, 6.07) is 3.02. The van der Waals surface area contributed by atoms with Gasteiger partial charge < -0.3 is 9.88 Å². The van der Waals surface area contributed by atoms with Gasteiger partial charge in [0.25, 0.3) is 5.56 Å². The third-order valence-corrected chi connectivity index (χ3v) is 5.45. The van der Waals surface area contributed by atoms with Gasteiger partial charge in [0.2, 0.25) is 5.91 Å². The summed E-state index contributed by atoms with van der Waals surface area (Å²) in [7, 11) is 0. The third kappa shape index (κ3) is 6.33. The van der Waals surface area contributed by atoms with Crippen molar-refractivity contribution in [2.24, 2.45) is 5.92 Å².